The maximum absolute atomic E-state index is 15.6. The predicted molar refractivity (Wildman–Crippen MR) is 386 cm³/mol. The zero-order valence-corrected chi connectivity index (χ0v) is 58.7. The highest BCUT2D eigenvalue weighted by molar-refractivity contribution is 7.17. The van der Waals surface area contributed by atoms with Gasteiger partial charge in [0, 0.05) is 55.0 Å². The number of amides is 6. The van der Waals surface area contributed by atoms with E-state index in [9.17, 15) is 39.3 Å². The lowest BCUT2D eigenvalue weighted by Crippen LogP contribution is -2.51. The number of carbonyl (C=O) groups is 10. The van der Waals surface area contributed by atoms with Gasteiger partial charge in [-0.05, 0) is 71.5 Å². The van der Waals surface area contributed by atoms with Gasteiger partial charge < -0.3 is 37.9 Å². The van der Waals surface area contributed by atoms with Crippen LogP contribution in [0.5, 0.6) is 0 Å². The monoisotopic (exact) mass is 1480 g/mol. The van der Waals surface area contributed by atoms with Crippen LogP contribution in [-0.4, -0.2) is 80.9 Å². The van der Waals surface area contributed by atoms with Gasteiger partial charge in [0.05, 0.1) is 0 Å². The second kappa shape index (κ2) is 30.1. The fraction of sp³-hybridized carbons (Fsp3) is 0.146. The van der Waals surface area contributed by atoms with E-state index < -0.39 is 105 Å². The Balaban J connectivity index is 0.923. The van der Waals surface area contributed by atoms with Gasteiger partial charge in [0.25, 0.3) is 23.6 Å². The third kappa shape index (κ3) is 13.5. The van der Waals surface area contributed by atoms with E-state index in [1.807, 2.05) is 0 Å². The van der Waals surface area contributed by atoms with Crippen molar-refractivity contribution in [1.29, 1.82) is 10.5 Å². The molecule has 534 valence electrons. The fourth-order valence-electron chi connectivity index (χ4n) is 12.6. The van der Waals surface area contributed by atoms with Crippen LogP contribution in [0.15, 0.2) is 262 Å². The van der Waals surface area contributed by atoms with Crippen LogP contribution in [0.3, 0.4) is 0 Å². The summed E-state index contributed by atoms with van der Waals surface area (Å²) in [6.45, 7) is 0.354. The first kappa shape index (κ1) is 71.2. The van der Waals surface area contributed by atoms with E-state index in [1.54, 1.807) is 218 Å². The van der Waals surface area contributed by atoms with Gasteiger partial charge in [-0.3, -0.25) is 19.2 Å². The Morgan fingerprint density at radius 1 is 0.407 bits per heavy atom. The van der Waals surface area contributed by atoms with Crippen LogP contribution in [-0.2, 0) is 127 Å². The van der Waals surface area contributed by atoms with Gasteiger partial charge in [-0.15, -0.1) is 22.7 Å². The zero-order chi connectivity index (χ0) is 75.4. The minimum Gasteiger partial charge on any atom is -0.459 e. The average molecular weight is 1480 g/mol. The Morgan fingerprint density at radius 3 is 0.944 bits per heavy atom. The molecule has 0 spiro atoms. The molecule has 4 aliphatic heterocycles. The standard InChI is InChI=1S/C82H56N6O18S2/c1-47-59(39-83)71(89)87(79(97)103-45-53-29-17-7-18-30-53)73(91)67(47)85-65-37-61-69(107-65)57-33-55-36-64-58(34-56(55)35-63(57)105-81(61,75(93)99-41-49-21-9-3-10-22-49)76(94)100-42-50-23-11-4-12-24-50)70-62(82(106-64,77(95)101-43-51-25-13-5-14-26-51)78(96)102-44-52-27-15-6-16-28-52)38-66(108-70)86-68-48(2)60(40-84)72(90)88(74(68)92)80(98)104-46-54-31-19-8-20-32-54/h3-38,55-56H,41-46H2,1-2H3/b85-67-,86-68+. The van der Waals surface area contributed by atoms with Crippen molar-refractivity contribution in [1.82, 2.24) is 9.80 Å². The van der Waals surface area contributed by atoms with E-state index in [2.05, 4.69) is 0 Å². The Kier molecular flexibility index (Phi) is 19.8. The van der Waals surface area contributed by atoms with Crippen molar-refractivity contribution in [3.05, 3.63) is 307 Å². The molecule has 2 aromatic heterocycles. The Morgan fingerprint density at radius 2 is 0.676 bits per heavy atom. The summed E-state index contributed by atoms with van der Waals surface area (Å²) in [6, 6.07) is 57.3. The van der Waals surface area contributed by atoms with Gasteiger partial charge in [0.1, 0.15) is 95.9 Å². The van der Waals surface area contributed by atoms with Crippen molar-refractivity contribution in [2.45, 2.75) is 64.7 Å². The molecule has 24 nitrogen and oxygen atoms in total. The number of allylic oxidation sites excluding steroid dienone is 6. The largest absolute Gasteiger partial charge is 0.459 e. The van der Waals surface area contributed by atoms with Gasteiger partial charge in [-0.1, -0.05) is 194 Å². The molecule has 26 heteroatoms. The molecule has 108 heavy (non-hydrogen) atoms. The van der Waals surface area contributed by atoms with Crippen molar-refractivity contribution in [2.75, 3.05) is 0 Å². The number of aliphatic imine (C=N–C) groups is 2. The molecule has 0 fully saturated rings. The molecule has 6 aromatic carbocycles. The topological polar surface area (TPSA) is 323 Å². The van der Waals surface area contributed by atoms with Crippen LogP contribution in [0.1, 0.15) is 68.1 Å². The SMILES string of the molecule is CC1=C(C#N)C(=O)N(C(=O)OCc2ccccc2)C(=O)/C1=N\c1cc2c(s1)C1=CC3C=C4OC(C(=O)OCc5ccccc5)(C(=O)OCc5ccccc5)c5cc(/N=C6/C(=O)N(C(=O)OCc7ccccc7)C(=O)C(C#N)=C6C)sc5C4=CC3C=C1OC2(C(=O)OCc1ccccc1)C(=O)OCc1ccccc1. The third-order valence-electron chi connectivity index (χ3n) is 18.1. The number of thiophene rings is 2. The summed E-state index contributed by atoms with van der Waals surface area (Å²) in [7, 11) is 0. The number of ether oxygens (including phenoxy) is 8. The van der Waals surface area contributed by atoms with Gasteiger partial charge in [0.2, 0.25) is 0 Å². The van der Waals surface area contributed by atoms with Crippen molar-refractivity contribution in [3.8, 4) is 12.1 Å². The molecule has 6 amide bonds. The first-order valence-electron chi connectivity index (χ1n) is 33.4. The average Bonchev–Trinajstić information content (AvgIpc) is 1.36. The van der Waals surface area contributed by atoms with Crippen LogP contribution in [0.25, 0.3) is 11.1 Å². The lowest BCUT2D eigenvalue weighted by Gasteiger charge is -2.41. The smallest absolute Gasteiger partial charge is 0.424 e. The Hall–Kier alpha value is -13.8. The summed E-state index contributed by atoms with van der Waals surface area (Å²) in [5.41, 5.74) is -5.34. The number of esters is 4. The highest BCUT2D eigenvalue weighted by atomic mass is 32.1. The van der Waals surface area contributed by atoms with Crippen molar-refractivity contribution in [2.24, 2.45) is 21.8 Å². The van der Waals surface area contributed by atoms with E-state index in [0.29, 0.717) is 33.4 Å². The summed E-state index contributed by atoms with van der Waals surface area (Å²) in [4.78, 5) is 157. The maximum atomic E-state index is 15.6. The molecule has 2 aliphatic carbocycles. The van der Waals surface area contributed by atoms with Crippen LogP contribution >= 0.6 is 22.7 Å². The molecule has 0 saturated heterocycles. The van der Waals surface area contributed by atoms with Gasteiger partial charge >= 0.3 is 47.3 Å². The first-order valence-corrected chi connectivity index (χ1v) is 35.0. The number of rotatable bonds is 18. The van der Waals surface area contributed by atoms with Crippen LogP contribution < -0.4 is 0 Å². The lowest BCUT2D eigenvalue weighted by molar-refractivity contribution is -0.191. The molecule has 6 aliphatic rings. The van der Waals surface area contributed by atoms with Crippen molar-refractivity contribution in [3.63, 3.8) is 0 Å². The number of carbonyl (C=O) groups excluding carboxylic acids is 10. The molecule has 0 bridgehead atoms. The number of hydrogen-bond donors (Lipinski definition) is 0. The quantitative estimate of drug-likeness (QED) is 0.0333. The highest BCUT2D eigenvalue weighted by Gasteiger charge is 2.62. The van der Waals surface area contributed by atoms with Crippen LogP contribution in [0.4, 0.5) is 19.6 Å². The highest BCUT2D eigenvalue weighted by Crippen LogP contribution is 2.57. The number of nitrogens with zero attached hydrogens (tertiary/aromatic N) is 6. The van der Waals surface area contributed by atoms with E-state index >= 15 is 19.2 Å². The molecule has 8 aromatic rings. The molecule has 6 heterocycles. The second-order valence-electron chi connectivity index (χ2n) is 25.0. The Labute approximate surface area is 622 Å². The molecule has 2 atom stereocenters. The number of hydrogen-bond acceptors (Lipinski definition) is 24. The Bertz CT molecular complexity index is 5000. The molecule has 0 N–H and O–H groups in total. The van der Waals surface area contributed by atoms with Crippen LogP contribution in [0.2, 0.25) is 0 Å². The predicted octanol–water partition coefficient (Wildman–Crippen LogP) is 13.0. The third-order valence-corrected chi connectivity index (χ3v) is 20.3. The number of fused-ring (bicyclic) bond motifs is 7. The normalized spacial score (nSPS) is 17.9. The molecule has 0 saturated carbocycles. The minimum absolute atomic E-state index is 0.0901. The molecule has 0 radical (unpaired) electrons. The molecule has 2 unspecified atom stereocenters. The van der Waals surface area contributed by atoms with Gasteiger partial charge in [-0.2, -0.15) is 20.3 Å². The first-order chi connectivity index (χ1) is 52.4. The van der Waals surface area contributed by atoms with Gasteiger partial charge in [0.15, 0.2) is 0 Å². The fourth-order valence-corrected chi connectivity index (χ4v) is 14.8. The van der Waals surface area contributed by atoms with Crippen molar-refractivity contribution < 1.29 is 85.8 Å². The summed E-state index contributed by atoms with van der Waals surface area (Å²) in [5, 5.41) is 20.6. The summed E-state index contributed by atoms with van der Waals surface area (Å²) in [6.07, 6.45) is 3.82. The zero-order valence-electron chi connectivity index (χ0n) is 57.0. The number of imide groups is 6. The summed E-state index contributed by atoms with van der Waals surface area (Å²) < 4.78 is 48.9. The lowest BCUT2D eigenvalue weighted by atomic mass is 9.75. The van der Waals surface area contributed by atoms with Crippen molar-refractivity contribution >= 4 is 115 Å². The molecular formula is C82H56N6O18S2. The second-order valence-corrected chi connectivity index (χ2v) is 27.0. The number of benzene rings is 6. The summed E-state index contributed by atoms with van der Waals surface area (Å²) >= 11 is 1.68. The minimum atomic E-state index is -2.86. The van der Waals surface area contributed by atoms with E-state index in [4.69, 9.17) is 47.9 Å². The molecular weight excluding hydrogens is 1420 g/mol. The maximum Gasteiger partial charge on any atom is 0.424 e. The van der Waals surface area contributed by atoms with E-state index in [1.165, 1.54) is 26.0 Å². The van der Waals surface area contributed by atoms with Gasteiger partial charge in [-0.25, -0.2) is 38.8 Å². The van der Waals surface area contributed by atoms with Crippen LogP contribution in [0, 0.1) is 34.5 Å². The number of nitriles is 2. The summed E-state index contributed by atoms with van der Waals surface area (Å²) in [5.74, 6) is -12.0. The molecule has 14 rings (SSSR count). The van der Waals surface area contributed by atoms with E-state index in [-0.39, 0.29) is 114 Å². The van der Waals surface area contributed by atoms with E-state index in [0.717, 1.165) is 22.7 Å².